The van der Waals surface area contributed by atoms with Crippen LogP contribution in [0.5, 0.6) is 5.75 Å². The zero-order valence-electron chi connectivity index (χ0n) is 11.0. The highest BCUT2D eigenvalue weighted by Gasteiger charge is 2.24. The maximum Gasteiger partial charge on any atom is 0.165 e. The lowest BCUT2D eigenvalue weighted by atomic mass is 10.2. The van der Waals surface area contributed by atoms with E-state index < -0.39 is 5.82 Å². The summed E-state index contributed by atoms with van der Waals surface area (Å²) in [5, 5.41) is 9.37. The molecule has 0 saturated carbocycles. The molecule has 1 heterocycles. The van der Waals surface area contributed by atoms with Crippen LogP contribution in [0.2, 0.25) is 0 Å². The smallest absolute Gasteiger partial charge is 0.165 e. The van der Waals surface area contributed by atoms with Crippen LogP contribution in [0.1, 0.15) is 5.56 Å². The van der Waals surface area contributed by atoms with Gasteiger partial charge in [0.15, 0.2) is 11.6 Å². The van der Waals surface area contributed by atoms with Crippen molar-refractivity contribution in [3.63, 3.8) is 0 Å². The number of anilines is 1. The highest BCUT2D eigenvalue weighted by Crippen LogP contribution is 2.42. The molecule has 1 aliphatic rings. The van der Waals surface area contributed by atoms with Gasteiger partial charge in [-0.25, -0.2) is 4.39 Å². The van der Waals surface area contributed by atoms with E-state index in [1.54, 1.807) is 17.8 Å². The summed E-state index contributed by atoms with van der Waals surface area (Å²) >= 11 is 1.77. The van der Waals surface area contributed by atoms with Crippen LogP contribution < -0.4 is 4.90 Å². The Morgan fingerprint density at radius 1 is 1.25 bits per heavy atom. The second-order valence-corrected chi connectivity index (χ2v) is 5.82. The monoisotopic (exact) mass is 287 g/mol. The Kier molecular flexibility index (Phi) is 3.40. The number of benzene rings is 2. The highest BCUT2D eigenvalue weighted by molar-refractivity contribution is 8.00. The van der Waals surface area contributed by atoms with Crippen molar-refractivity contribution in [3.05, 3.63) is 59.9 Å². The van der Waals surface area contributed by atoms with E-state index in [9.17, 15) is 9.50 Å². The molecule has 0 radical (unpaired) electrons. The molecule has 0 fully saturated rings. The van der Waals surface area contributed by atoms with E-state index >= 15 is 0 Å². The Hall–Kier alpha value is -1.94. The van der Waals surface area contributed by atoms with Crippen LogP contribution in [0.25, 0.3) is 6.08 Å². The van der Waals surface area contributed by atoms with Gasteiger partial charge in [-0.15, -0.1) is 0 Å². The van der Waals surface area contributed by atoms with Gasteiger partial charge in [-0.1, -0.05) is 42.1 Å². The van der Waals surface area contributed by atoms with Crippen molar-refractivity contribution in [1.82, 2.24) is 0 Å². The van der Waals surface area contributed by atoms with Crippen LogP contribution >= 0.6 is 11.8 Å². The third kappa shape index (κ3) is 2.39. The third-order valence-electron chi connectivity index (χ3n) is 3.30. The molecule has 1 unspecified atom stereocenters. The summed E-state index contributed by atoms with van der Waals surface area (Å²) in [6, 6.07) is 12.6. The Bertz CT molecular complexity index is 671. The van der Waals surface area contributed by atoms with Crippen molar-refractivity contribution < 1.29 is 9.50 Å². The van der Waals surface area contributed by atoms with E-state index in [1.165, 1.54) is 22.7 Å². The number of hydrogen-bond donors (Lipinski definition) is 1. The first-order valence-corrected chi connectivity index (χ1v) is 7.18. The van der Waals surface area contributed by atoms with Gasteiger partial charge in [-0.05, 0) is 29.8 Å². The first-order valence-electron chi connectivity index (χ1n) is 6.30. The van der Waals surface area contributed by atoms with E-state index in [4.69, 9.17) is 0 Å². The number of likely N-dealkylation sites (N-methyl/N-ethyl adjacent to an activating group) is 1. The Labute approximate surface area is 121 Å². The molecule has 102 valence electrons. The zero-order chi connectivity index (χ0) is 14.1. The van der Waals surface area contributed by atoms with Gasteiger partial charge in [0.25, 0.3) is 0 Å². The fourth-order valence-corrected chi connectivity index (χ4v) is 3.36. The minimum Gasteiger partial charge on any atom is -0.505 e. The standard InChI is InChI=1S/C16H14FNOS/c1-18-13-4-2-3-5-15(13)20-16(18)9-7-11-6-8-14(19)12(17)10-11/h2-10,16,19H,1H3/b9-7+. The molecular formula is C16H14FNOS. The number of halogens is 1. The Morgan fingerprint density at radius 2 is 2.05 bits per heavy atom. The topological polar surface area (TPSA) is 23.5 Å². The van der Waals surface area contributed by atoms with Gasteiger partial charge >= 0.3 is 0 Å². The second-order valence-electron chi connectivity index (χ2n) is 4.66. The van der Waals surface area contributed by atoms with Gasteiger partial charge in [0, 0.05) is 11.9 Å². The molecule has 1 aliphatic heterocycles. The van der Waals surface area contributed by atoms with Gasteiger partial charge in [0.05, 0.1) is 11.1 Å². The number of rotatable bonds is 2. The first kappa shape index (κ1) is 13.1. The average molecular weight is 287 g/mol. The zero-order valence-corrected chi connectivity index (χ0v) is 11.8. The molecule has 0 spiro atoms. The lowest BCUT2D eigenvalue weighted by Crippen LogP contribution is -2.21. The number of aromatic hydroxyl groups is 1. The molecule has 0 aromatic heterocycles. The quantitative estimate of drug-likeness (QED) is 0.899. The number of phenolic OH excluding ortho intramolecular Hbond substituents is 1. The SMILES string of the molecule is CN1c2ccccc2SC1/C=C/c1ccc(O)c(F)c1. The number of para-hydroxylation sites is 1. The molecule has 0 saturated heterocycles. The van der Waals surface area contributed by atoms with Crippen LogP contribution in [0.15, 0.2) is 53.4 Å². The van der Waals surface area contributed by atoms with Gasteiger partial charge < -0.3 is 10.0 Å². The molecule has 2 aromatic carbocycles. The number of phenols is 1. The van der Waals surface area contributed by atoms with Crippen LogP contribution in [0.4, 0.5) is 10.1 Å². The Balaban J connectivity index is 1.79. The fraction of sp³-hybridized carbons (Fsp3) is 0.125. The molecule has 2 aromatic rings. The molecule has 4 heteroatoms. The van der Waals surface area contributed by atoms with Crippen molar-refractivity contribution >= 4 is 23.5 Å². The lowest BCUT2D eigenvalue weighted by Gasteiger charge is -2.18. The van der Waals surface area contributed by atoms with E-state index in [-0.39, 0.29) is 11.1 Å². The fourth-order valence-electron chi connectivity index (χ4n) is 2.18. The highest BCUT2D eigenvalue weighted by atomic mass is 32.2. The summed E-state index contributed by atoms with van der Waals surface area (Å²) in [6.07, 6.45) is 3.92. The minimum atomic E-state index is -0.595. The summed E-state index contributed by atoms with van der Waals surface area (Å²) in [5.41, 5.74) is 1.95. The maximum atomic E-state index is 13.3. The lowest BCUT2D eigenvalue weighted by molar-refractivity contribution is 0.432. The summed E-state index contributed by atoms with van der Waals surface area (Å²) in [7, 11) is 2.05. The van der Waals surface area contributed by atoms with Gasteiger partial charge in [-0.3, -0.25) is 0 Å². The van der Waals surface area contributed by atoms with Crippen molar-refractivity contribution in [3.8, 4) is 5.75 Å². The molecule has 3 rings (SSSR count). The average Bonchev–Trinajstić information content (AvgIpc) is 2.77. The van der Waals surface area contributed by atoms with Crippen LogP contribution in [-0.4, -0.2) is 17.5 Å². The van der Waals surface area contributed by atoms with Gasteiger partial charge in [-0.2, -0.15) is 0 Å². The normalized spacial score (nSPS) is 17.7. The van der Waals surface area contributed by atoms with E-state index in [0.29, 0.717) is 0 Å². The predicted octanol–water partition coefficient (Wildman–Crippen LogP) is 4.11. The maximum absolute atomic E-state index is 13.3. The molecule has 0 bridgehead atoms. The molecule has 2 nitrogen and oxygen atoms in total. The van der Waals surface area contributed by atoms with Crippen LogP contribution in [0.3, 0.4) is 0 Å². The number of fused-ring (bicyclic) bond motifs is 1. The molecule has 0 amide bonds. The van der Waals surface area contributed by atoms with Crippen molar-refractivity contribution in [1.29, 1.82) is 0 Å². The largest absolute Gasteiger partial charge is 0.505 e. The summed E-state index contributed by atoms with van der Waals surface area (Å²) in [5.74, 6) is -0.912. The Morgan fingerprint density at radius 3 is 2.80 bits per heavy atom. The summed E-state index contributed by atoms with van der Waals surface area (Å²) in [6.45, 7) is 0. The van der Waals surface area contributed by atoms with Crippen molar-refractivity contribution in [2.75, 3.05) is 11.9 Å². The minimum absolute atomic E-state index is 0.198. The molecule has 1 atom stereocenters. The van der Waals surface area contributed by atoms with E-state index in [2.05, 4.69) is 17.0 Å². The predicted molar refractivity (Wildman–Crippen MR) is 81.6 cm³/mol. The van der Waals surface area contributed by atoms with Crippen LogP contribution in [-0.2, 0) is 0 Å². The first-order chi connectivity index (χ1) is 9.65. The van der Waals surface area contributed by atoms with Gasteiger partial charge in [0.1, 0.15) is 0 Å². The van der Waals surface area contributed by atoms with E-state index in [1.807, 2.05) is 31.3 Å². The second kappa shape index (κ2) is 5.21. The van der Waals surface area contributed by atoms with Crippen LogP contribution in [0, 0.1) is 5.82 Å². The van der Waals surface area contributed by atoms with Gasteiger partial charge in [0.2, 0.25) is 0 Å². The molecule has 1 N–H and O–H groups in total. The molecule has 20 heavy (non-hydrogen) atoms. The van der Waals surface area contributed by atoms with E-state index in [0.717, 1.165) is 5.56 Å². The number of hydrogen-bond acceptors (Lipinski definition) is 3. The number of thioether (sulfide) groups is 1. The third-order valence-corrected chi connectivity index (χ3v) is 4.61. The summed E-state index contributed by atoms with van der Waals surface area (Å²) in [4.78, 5) is 3.44. The molecular weight excluding hydrogens is 273 g/mol. The van der Waals surface area contributed by atoms with Crippen molar-refractivity contribution in [2.45, 2.75) is 10.3 Å². The molecule has 0 aliphatic carbocycles. The van der Waals surface area contributed by atoms with Crippen molar-refractivity contribution in [2.24, 2.45) is 0 Å². The summed E-state index contributed by atoms with van der Waals surface area (Å²) < 4.78 is 13.3. The number of nitrogens with zero attached hydrogens (tertiary/aromatic N) is 1.